The van der Waals surface area contributed by atoms with Gasteiger partial charge in [0.05, 0.1) is 5.02 Å². The van der Waals surface area contributed by atoms with Crippen molar-refractivity contribution < 1.29 is 18.4 Å². The van der Waals surface area contributed by atoms with Crippen LogP contribution in [0.5, 0.6) is 5.75 Å². The van der Waals surface area contributed by atoms with Crippen LogP contribution in [0.3, 0.4) is 0 Å². The van der Waals surface area contributed by atoms with Crippen molar-refractivity contribution in [2.45, 2.75) is 31.9 Å². The standard InChI is InChI=1S/C17H16ClFN2O3/c18-14-6-11(19)2-4-16(14)23-9-13-7-15(20-24-13)17(22)21-8-10-1-3-12(21)5-10/h2,4,6-7,10,12H,1,3,5,8-9H2/t10-,12-/m0/s1. The van der Waals surface area contributed by atoms with Crippen molar-refractivity contribution in [2.24, 2.45) is 5.92 Å². The fourth-order valence-electron chi connectivity index (χ4n) is 3.54. The lowest BCUT2D eigenvalue weighted by Crippen LogP contribution is -2.37. The molecule has 2 aliphatic rings. The zero-order valence-electron chi connectivity index (χ0n) is 12.9. The Hall–Kier alpha value is -2.08. The Balaban J connectivity index is 1.40. The van der Waals surface area contributed by atoms with Gasteiger partial charge in [-0.2, -0.15) is 0 Å². The van der Waals surface area contributed by atoms with E-state index in [1.165, 1.54) is 24.6 Å². The number of rotatable bonds is 4. The Morgan fingerprint density at radius 2 is 2.29 bits per heavy atom. The number of hydrogen-bond donors (Lipinski definition) is 0. The van der Waals surface area contributed by atoms with E-state index in [0.717, 1.165) is 19.4 Å². The topological polar surface area (TPSA) is 55.6 Å². The maximum atomic E-state index is 13.0. The molecule has 7 heteroatoms. The summed E-state index contributed by atoms with van der Waals surface area (Å²) in [5.74, 6) is 0.883. The Morgan fingerprint density at radius 1 is 1.42 bits per heavy atom. The third kappa shape index (κ3) is 2.86. The molecule has 4 rings (SSSR count). The maximum absolute atomic E-state index is 13.0. The summed E-state index contributed by atoms with van der Waals surface area (Å²) in [4.78, 5) is 14.4. The molecule has 0 N–H and O–H groups in total. The molecule has 1 aliphatic heterocycles. The first kappa shape index (κ1) is 15.4. The number of ether oxygens (including phenoxy) is 1. The van der Waals surface area contributed by atoms with Gasteiger partial charge in [0.2, 0.25) is 0 Å². The Bertz CT molecular complexity index is 779. The molecular formula is C17H16ClFN2O3. The molecular weight excluding hydrogens is 335 g/mol. The summed E-state index contributed by atoms with van der Waals surface area (Å²) in [6.45, 7) is 0.880. The quantitative estimate of drug-likeness (QED) is 0.844. The van der Waals surface area contributed by atoms with Gasteiger partial charge < -0.3 is 14.2 Å². The summed E-state index contributed by atoms with van der Waals surface area (Å²) in [5.41, 5.74) is 0.298. The number of benzene rings is 1. The first-order valence-corrected chi connectivity index (χ1v) is 8.32. The highest BCUT2D eigenvalue weighted by Crippen LogP contribution is 2.38. The monoisotopic (exact) mass is 350 g/mol. The molecule has 1 saturated heterocycles. The van der Waals surface area contributed by atoms with Crippen LogP contribution in [0.1, 0.15) is 35.5 Å². The molecule has 5 nitrogen and oxygen atoms in total. The van der Waals surface area contributed by atoms with Crippen molar-refractivity contribution in [3.05, 3.63) is 46.6 Å². The fourth-order valence-corrected chi connectivity index (χ4v) is 3.77. The Kier molecular flexibility index (Phi) is 3.92. The number of carbonyl (C=O) groups excluding carboxylic acids is 1. The molecule has 1 saturated carbocycles. The number of piperidine rings is 1. The Morgan fingerprint density at radius 3 is 3.00 bits per heavy atom. The van der Waals surface area contributed by atoms with Gasteiger partial charge in [-0.25, -0.2) is 4.39 Å². The van der Waals surface area contributed by atoms with Crippen LogP contribution in [-0.2, 0) is 6.61 Å². The average molecular weight is 351 g/mol. The molecule has 2 heterocycles. The number of likely N-dealkylation sites (tertiary alicyclic amines) is 1. The minimum absolute atomic E-state index is 0.0671. The van der Waals surface area contributed by atoms with Gasteiger partial charge in [-0.15, -0.1) is 0 Å². The van der Waals surface area contributed by atoms with E-state index in [1.54, 1.807) is 6.07 Å². The SMILES string of the molecule is O=C(c1cc(COc2ccc(F)cc2Cl)on1)N1C[C@H]2CC[C@H]1C2. The van der Waals surface area contributed by atoms with Crippen LogP contribution in [0.15, 0.2) is 28.8 Å². The van der Waals surface area contributed by atoms with Gasteiger partial charge >= 0.3 is 0 Å². The molecule has 0 radical (unpaired) electrons. The van der Waals surface area contributed by atoms with Gasteiger partial charge in [0.25, 0.3) is 5.91 Å². The molecule has 1 aromatic heterocycles. The third-order valence-corrected chi connectivity index (χ3v) is 5.01. The van der Waals surface area contributed by atoms with Gasteiger partial charge in [0.15, 0.2) is 11.5 Å². The first-order chi connectivity index (χ1) is 11.6. The predicted octanol–water partition coefficient (Wildman–Crippen LogP) is 3.67. The van der Waals surface area contributed by atoms with Gasteiger partial charge in [0, 0.05) is 18.7 Å². The van der Waals surface area contributed by atoms with Crippen molar-refractivity contribution in [3.63, 3.8) is 0 Å². The van der Waals surface area contributed by atoms with E-state index in [-0.39, 0.29) is 17.5 Å². The second-order valence-electron chi connectivity index (χ2n) is 6.33. The largest absolute Gasteiger partial charge is 0.484 e. The Labute approximate surface area is 143 Å². The smallest absolute Gasteiger partial charge is 0.276 e. The van der Waals surface area contributed by atoms with E-state index in [1.807, 2.05) is 4.90 Å². The first-order valence-electron chi connectivity index (χ1n) is 7.94. The number of hydrogen-bond acceptors (Lipinski definition) is 4. The van der Waals surface area contributed by atoms with Gasteiger partial charge in [-0.05, 0) is 43.4 Å². The molecule has 1 aliphatic carbocycles. The highest BCUT2D eigenvalue weighted by atomic mass is 35.5. The van der Waals surface area contributed by atoms with Crippen LogP contribution in [0.25, 0.3) is 0 Å². The van der Waals surface area contributed by atoms with Crippen molar-refractivity contribution in [2.75, 3.05) is 6.54 Å². The average Bonchev–Trinajstić information content (AvgIpc) is 3.30. The zero-order valence-corrected chi connectivity index (χ0v) is 13.6. The summed E-state index contributed by atoms with van der Waals surface area (Å²) in [7, 11) is 0. The van der Waals surface area contributed by atoms with Crippen LogP contribution in [-0.4, -0.2) is 28.6 Å². The van der Waals surface area contributed by atoms with Crippen molar-refractivity contribution in [1.82, 2.24) is 10.1 Å². The molecule has 2 atom stereocenters. The minimum atomic E-state index is -0.431. The number of carbonyl (C=O) groups is 1. The summed E-state index contributed by atoms with van der Waals surface area (Å²) in [5, 5.41) is 4.03. The van der Waals surface area contributed by atoms with E-state index in [2.05, 4.69) is 5.16 Å². The number of nitrogens with zero attached hydrogens (tertiary/aromatic N) is 2. The van der Waals surface area contributed by atoms with Gasteiger partial charge in [-0.3, -0.25) is 4.79 Å². The lowest BCUT2D eigenvalue weighted by Gasteiger charge is -2.25. The molecule has 24 heavy (non-hydrogen) atoms. The molecule has 1 amide bonds. The summed E-state index contributed by atoms with van der Waals surface area (Å²) >= 11 is 5.90. The highest BCUT2D eigenvalue weighted by molar-refractivity contribution is 6.32. The zero-order chi connectivity index (χ0) is 16.7. The third-order valence-electron chi connectivity index (χ3n) is 4.71. The summed E-state index contributed by atoms with van der Waals surface area (Å²) in [6, 6.07) is 5.82. The second kappa shape index (κ2) is 6.09. The minimum Gasteiger partial charge on any atom is -0.484 e. The number of halogens is 2. The van der Waals surface area contributed by atoms with Crippen molar-refractivity contribution in [3.8, 4) is 5.75 Å². The molecule has 1 aromatic carbocycles. The van der Waals surface area contributed by atoms with Crippen molar-refractivity contribution in [1.29, 1.82) is 0 Å². The van der Waals surface area contributed by atoms with E-state index in [9.17, 15) is 9.18 Å². The predicted molar refractivity (Wildman–Crippen MR) is 84.4 cm³/mol. The summed E-state index contributed by atoms with van der Waals surface area (Å²) in [6.07, 6.45) is 3.39. The van der Waals surface area contributed by atoms with E-state index in [0.29, 0.717) is 29.2 Å². The maximum Gasteiger partial charge on any atom is 0.276 e. The van der Waals surface area contributed by atoms with Crippen LogP contribution in [0, 0.1) is 11.7 Å². The lowest BCUT2D eigenvalue weighted by atomic mass is 10.1. The van der Waals surface area contributed by atoms with Gasteiger partial charge in [-0.1, -0.05) is 16.8 Å². The van der Waals surface area contributed by atoms with E-state index >= 15 is 0 Å². The second-order valence-corrected chi connectivity index (χ2v) is 6.74. The number of fused-ring (bicyclic) bond motifs is 2. The van der Waals surface area contributed by atoms with E-state index in [4.69, 9.17) is 20.9 Å². The molecule has 2 aromatic rings. The van der Waals surface area contributed by atoms with Crippen LogP contribution in [0.4, 0.5) is 4.39 Å². The van der Waals surface area contributed by atoms with Gasteiger partial charge in [0.1, 0.15) is 18.2 Å². The molecule has 2 fully saturated rings. The van der Waals surface area contributed by atoms with Crippen LogP contribution >= 0.6 is 11.6 Å². The normalized spacial score (nSPS) is 22.2. The highest BCUT2D eigenvalue weighted by Gasteiger charge is 2.41. The number of aromatic nitrogens is 1. The van der Waals surface area contributed by atoms with Crippen LogP contribution < -0.4 is 4.74 Å². The van der Waals surface area contributed by atoms with E-state index < -0.39 is 5.82 Å². The molecule has 2 bridgehead atoms. The van der Waals surface area contributed by atoms with Crippen LogP contribution in [0.2, 0.25) is 5.02 Å². The molecule has 0 unspecified atom stereocenters. The van der Waals surface area contributed by atoms with Crippen molar-refractivity contribution >= 4 is 17.5 Å². The lowest BCUT2D eigenvalue weighted by molar-refractivity contribution is 0.0693. The molecule has 0 spiro atoms. The molecule has 126 valence electrons. The number of amides is 1. The fraction of sp³-hybridized carbons (Fsp3) is 0.412. The summed E-state index contributed by atoms with van der Waals surface area (Å²) < 4.78 is 23.7.